The van der Waals surface area contributed by atoms with Crippen molar-refractivity contribution in [1.82, 2.24) is 5.32 Å². The van der Waals surface area contributed by atoms with Crippen molar-refractivity contribution in [3.8, 4) is 5.75 Å². The Morgan fingerprint density at radius 1 is 0.800 bits per heavy atom. The van der Waals surface area contributed by atoms with Gasteiger partial charge in [0.05, 0.1) is 28.9 Å². The summed E-state index contributed by atoms with van der Waals surface area (Å²) in [5.74, 6) is -1.92. The predicted octanol–water partition coefficient (Wildman–Crippen LogP) is 2.81. The number of carbonyl (C=O) groups is 4. The van der Waals surface area contributed by atoms with Crippen LogP contribution in [-0.4, -0.2) is 35.2 Å². The second-order valence-corrected chi connectivity index (χ2v) is 6.66. The van der Waals surface area contributed by atoms with Crippen LogP contribution >= 0.6 is 0 Å². The normalized spacial score (nSPS) is 12.6. The molecule has 0 aliphatic carbocycles. The van der Waals surface area contributed by atoms with Gasteiger partial charge >= 0.3 is 0 Å². The van der Waals surface area contributed by atoms with Crippen LogP contribution < -0.4 is 10.2 Å². The molecule has 0 atom stereocenters. The number of phenolic OH excluding ortho intramolecular Hbond substituents is 1. The van der Waals surface area contributed by atoms with Gasteiger partial charge in [0.1, 0.15) is 5.75 Å². The molecule has 1 aliphatic heterocycles. The third kappa shape index (κ3) is 3.33. The van der Waals surface area contributed by atoms with Crippen molar-refractivity contribution in [3.63, 3.8) is 0 Å². The number of aromatic hydroxyl groups is 1. The summed E-state index contributed by atoms with van der Waals surface area (Å²) in [4.78, 5) is 50.6. The van der Waals surface area contributed by atoms with Gasteiger partial charge in [0.15, 0.2) is 5.78 Å². The van der Waals surface area contributed by atoms with Gasteiger partial charge < -0.3 is 10.4 Å². The summed E-state index contributed by atoms with van der Waals surface area (Å²) in [5, 5.41) is 12.2. The van der Waals surface area contributed by atoms with Crippen LogP contribution in [0, 0.1) is 0 Å². The maximum Gasteiger partial charge on any atom is 0.266 e. The molecule has 3 aromatic rings. The van der Waals surface area contributed by atoms with Crippen LogP contribution in [0.2, 0.25) is 0 Å². The Morgan fingerprint density at radius 3 is 1.97 bits per heavy atom. The number of amides is 3. The topological polar surface area (TPSA) is 104 Å². The Kier molecular flexibility index (Phi) is 4.85. The monoisotopic (exact) mass is 400 g/mol. The molecule has 0 aromatic heterocycles. The van der Waals surface area contributed by atoms with E-state index in [4.69, 9.17) is 0 Å². The number of hydrogen-bond acceptors (Lipinski definition) is 5. The molecule has 0 radical (unpaired) electrons. The highest BCUT2D eigenvalue weighted by Gasteiger charge is 2.36. The molecule has 3 amide bonds. The van der Waals surface area contributed by atoms with Crippen LogP contribution in [0.1, 0.15) is 41.4 Å². The first kappa shape index (κ1) is 19.1. The lowest BCUT2D eigenvalue weighted by Crippen LogP contribution is -2.30. The SMILES string of the molecule is O=C(CNC(=O)c1ccccc1O)c1ccc(N2C(=O)c3ccccc3C2=O)cc1. The van der Waals surface area contributed by atoms with E-state index in [-0.39, 0.29) is 23.6 Å². The smallest absolute Gasteiger partial charge is 0.266 e. The van der Waals surface area contributed by atoms with Crippen molar-refractivity contribution in [1.29, 1.82) is 0 Å². The van der Waals surface area contributed by atoms with E-state index in [0.29, 0.717) is 22.4 Å². The molecule has 1 aliphatic rings. The van der Waals surface area contributed by atoms with Crippen LogP contribution in [0.4, 0.5) is 5.69 Å². The van der Waals surface area contributed by atoms with Crippen molar-refractivity contribution in [3.05, 3.63) is 95.1 Å². The summed E-state index contributed by atoms with van der Waals surface area (Å²) in [6.45, 7) is -0.264. The number of fused-ring (bicyclic) bond motifs is 1. The van der Waals surface area contributed by atoms with Gasteiger partial charge in [-0.1, -0.05) is 24.3 Å². The molecule has 0 saturated carbocycles. The third-order valence-electron chi connectivity index (χ3n) is 4.80. The highest BCUT2D eigenvalue weighted by Crippen LogP contribution is 2.28. The number of nitrogens with one attached hydrogen (secondary N) is 1. The molecule has 7 nitrogen and oxygen atoms in total. The molecule has 0 unspecified atom stereocenters. The standard InChI is InChI=1S/C23H16N2O5/c26-19-8-4-3-7-18(19)21(28)24-13-20(27)14-9-11-15(12-10-14)25-22(29)16-5-1-2-6-17(16)23(25)30/h1-12,26H,13H2,(H,24,28). The Hall–Kier alpha value is -4.26. The van der Waals surface area contributed by atoms with Crippen molar-refractivity contribution in [2.24, 2.45) is 0 Å². The van der Waals surface area contributed by atoms with Crippen LogP contribution in [0.3, 0.4) is 0 Å². The summed E-state index contributed by atoms with van der Waals surface area (Å²) in [5.41, 5.74) is 1.43. The first-order valence-corrected chi connectivity index (χ1v) is 9.14. The zero-order chi connectivity index (χ0) is 21.3. The molecule has 4 rings (SSSR count). The van der Waals surface area contributed by atoms with Crippen molar-refractivity contribution in [2.45, 2.75) is 0 Å². The Balaban J connectivity index is 1.45. The first-order chi connectivity index (χ1) is 14.5. The number of imide groups is 1. The number of ketones is 1. The number of carbonyl (C=O) groups excluding carboxylic acids is 4. The third-order valence-corrected chi connectivity index (χ3v) is 4.80. The molecule has 2 N–H and O–H groups in total. The fourth-order valence-corrected chi connectivity index (χ4v) is 3.24. The average molecular weight is 400 g/mol. The molecule has 30 heavy (non-hydrogen) atoms. The number of hydrogen-bond donors (Lipinski definition) is 2. The van der Waals surface area contributed by atoms with Crippen molar-refractivity contribution in [2.75, 3.05) is 11.4 Å². The van der Waals surface area contributed by atoms with Crippen LogP contribution in [0.15, 0.2) is 72.8 Å². The Bertz CT molecular complexity index is 1150. The lowest BCUT2D eigenvalue weighted by molar-refractivity contribution is 0.0901. The lowest BCUT2D eigenvalue weighted by Gasteiger charge is -2.14. The van der Waals surface area contributed by atoms with Gasteiger partial charge in [0.2, 0.25) is 0 Å². The van der Waals surface area contributed by atoms with E-state index in [2.05, 4.69) is 5.32 Å². The largest absolute Gasteiger partial charge is 0.507 e. The molecule has 7 heteroatoms. The molecule has 0 fully saturated rings. The maximum atomic E-state index is 12.5. The van der Waals surface area contributed by atoms with E-state index < -0.39 is 17.7 Å². The number of anilines is 1. The summed E-state index contributed by atoms with van der Waals surface area (Å²) >= 11 is 0. The lowest BCUT2D eigenvalue weighted by atomic mass is 10.1. The van der Waals surface area contributed by atoms with Crippen LogP contribution in [-0.2, 0) is 0 Å². The molecule has 0 spiro atoms. The molecule has 0 bridgehead atoms. The highest BCUT2D eigenvalue weighted by atomic mass is 16.3. The minimum absolute atomic E-state index is 0.0753. The zero-order valence-electron chi connectivity index (χ0n) is 15.7. The molecular weight excluding hydrogens is 384 g/mol. The summed E-state index contributed by atoms with van der Waals surface area (Å²) in [6.07, 6.45) is 0. The van der Waals surface area contributed by atoms with Crippen LogP contribution in [0.25, 0.3) is 0 Å². The highest BCUT2D eigenvalue weighted by molar-refractivity contribution is 6.34. The molecule has 3 aromatic carbocycles. The molecule has 1 heterocycles. The fourth-order valence-electron chi connectivity index (χ4n) is 3.24. The van der Waals surface area contributed by atoms with Gasteiger partial charge in [-0.15, -0.1) is 0 Å². The van der Waals surface area contributed by atoms with E-state index in [9.17, 15) is 24.3 Å². The second-order valence-electron chi connectivity index (χ2n) is 6.66. The second kappa shape index (κ2) is 7.63. The van der Waals surface area contributed by atoms with Gasteiger partial charge in [-0.3, -0.25) is 19.2 Å². The number of para-hydroxylation sites is 1. The van der Waals surface area contributed by atoms with E-state index >= 15 is 0 Å². The number of nitrogens with zero attached hydrogens (tertiary/aromatic N) is 1. The minimum Gasteiger partial charge on any atom is -0.507 e. The maximum absolute atomic E-state index is 12.5. The number of Topliss-reactive ketones (excluding diaryl/α,β-unsaturated/α-hetero) is 1. The van der Waals surface area contributed by atoms with Gasteiger partial charge in [-0.05, 0) is 48.5 Å². The number of phenols is 1. The van der Waals surface area contributed by atoms with Gasteiger partial charge in [0.25, 0.3) is 17.7 Å². The fraction of sp³-hybridized carbons (Fsp3) is 0.0435. The molecule has 148 valence electrons. The molecule has 0 saturated heterocycles. The first-order valence-electron chi connectivity index (χ1n) is 9.14. The van der Waals surface area contributed by atoms with E-state index in [1.54, 1.807) is 36.4 Å². The summed E-state index contributed by atoms with van der Waals surface area (Å²) < 4.78 is 0. The van der Waals surface area contributed by atoms with Crippen molar-refractivity contribution < 1.29 is 24.3 Å². The predicted molar refractivity (Wildman–Crippen MR) is 109 cm³/mol. The molecular formula is C23H16N2O5. The quantitative estimate of drug-likeness (QED) is 0.506. The zero-order valence-corrected chi connectivity index (χ0v) is 15.7. The van der Waals surface area contributed by atoms with Gasteiger partial charge in [-0.2, -0.15) is 0 Å². The van der Waals surface area contributed by atoms with Gasteiger partial charge in [-0.25, -0.2) is 4.90 Å². The Labute approximate surface area is 171 Å². The van der Waals surface area contributed by atoms with Crippen LogP contribution in [0.5, 0.6) is 5.75 Å². The van der Waals surface area contributed by atoms with E-state index in [1.807, 2.05) is 0 Å². The summed E-state index contributed by atoms with van der Waals surface area (Å²) in [7, 11) is 0. The van der Waals surface area contributed by atoms with Crippen molar-refractivity contribution >= 4 is 29.2 Å². The number of rotatable bonds is 5. The van der Waals surface area contributed by atoms with E-state index in [1.165, 1.54) is 36.4 Å². The average Bonchev–Trinajstić information content (AvgIpc) is 3.02. The van der Waals surface area contributed by atoms with Gasteiger partial charge in [0, 0.05) is 5.56 Å². The minimum atomic E-state index is -0.566. The number of benzene rings is 3. The van der Waals surface area contributed by atoms with E-state index in [0.717, 1.165) is 4.90 Å². The summed E-state index contributed by atoms with van der Waals surface area (Å²) in [6, 6.07) is 18.6. The Morgan fingerprint density at radius 2 is 1.37 bits per heavy atom.